The van der Waals surface area contributed by atoms with Gasteiger partial charge in [0.15, 0.2) is 0 Å². The van der Waals surface area contributed by atoms with Gasteiger partial charge in [-0.05, 0) is 18.4 Å². The van der Waals surface area contributed by atoms with Crippen molar-refractivity contribution in [3.05, 3.63) is 23.4 Å². The third-order valence-electron chi connectivity index (χ3n) is 3.46. The Morgan fingerprint density at radius 3 is 2.86 bits per heavy atom. The molecule has 7 nitrogen and oxygen atoms in total. The van der Waals surface area contributed by atoms with Crippen LogP contribution in [0.25, 0.3) is 10.8 Å². The van der Waals surface area contributed by atoms with Gasteiger partial charge in [0.1, 0.15) is 0 Å². The van der Waals surface area contributed by atoms with Gasteiger partial charge in [-0.25, -0.2) is 4.79 Å². The third kappa shape index (κ3) is 3.45. The zero-order valence-electron chi connectivity index (χ0n) is 12.4. The Kier molecular flexibility index (Phi) is 4.69. The van der Waals surface area contributed by atoms with Crippen LogP contribution in [-0.4, -0.2) is 58.9 Å². The van der Waals surface area contributed by atoms with Crippen LogP contribution in [0.3, 0.4) is 0 Å². The molecule has 0 bridgehead atoms. The summed E-state index contributed by atoms with van der Waals surface area (Å²) in [6, 6.07) is 3.92. The van der Waals surface area contributed by atoms with Gasteiger partial charge in [-0.3, -0.25) is 4.90 Å². The van der Waals surface area contributed by atoms with Gasteiger partial charge in [0.2, 0.25) is 5.89 Å². The van der Waals surface area contributed by atoms with Crippen molar-refractivity contribution in [2.75, 3.05) is 32.8 Å². The average molecular weight is 322 g/mol. The van der Waals surface area contributed by atoms with Crippen molar-refractivity contribution in [1.82, 2.24) is 20.0 Å². The van der Waals surface area contributed by atoms with Crippen LogP contribution >= 0.6 is 11.3 Å². The van der Waals surface area contributed by atoms with E-state index < -0.39 is 0 Å². The van der Waals surface area contributed by atoms with Gasteiger partial charge in [-0.15, -0.1) is 21.5 Å². The molecular weight excluding hydrogens is 304 g/mol. The molecule has 0 saturated carbocycles. The molecule has 118 valence electrons. The molecule has 1 aliphatic heterocycles. The van der Waals surface area contributed by atoms with Crippen LogP contribution in [0.15, 0.2) is 21.9 Å². The number of ether oxygens (including phenoxy) is 1. The first-order valence-electron chi connectivity index (χ1n) is 7.26. The van der Waals surface area contributed by atoms with Crippen molar-refractivity contribution in [2.24, 2.45) is 0 Å². The van der Waals surface area contributed by atoms with Crippen molar-refractivity contribution in [1.29, 1.82) is 0 Å². The number of aromatic nitrogens is 2. The first-order valence-corrected chi connectivity index (χ1v) is 8.14. The highest BCUT2D eigenvalue weighted by Gasteiger charge is 2.23. The average Bonchev–Trinajstić information content (AvgIpc) is 3.19. The summed E-state index contributed by atoms with van der Waals surface area (Å²) >= 11 is 1.58. The van der Waals surface area contributed by atoms with Crippen molar-refractivity contribution in [3.8, 4) is 10.8 Å². The molecule has 3 heterocycles. The first kappa shape index (κ1) is 15.0. The second-order valence-electron chi connectivity index (χ2n) is 4.94. The van der Waals surface area contributed by atoms with Crippen molar-refractivity contribution in [2.45, 2.75) is 13.5 Å². The Balaban J connectivity index is 1.52. The molecule has 1 amide bonds. The van der Waals surface area contributed by atoms with Gasteiger partial charge in [0.05, 0.1) is 18.0 Å². The highest BCUT2D eigenvalue weighted by atomic mass is 32.1. The normalized spacial score (nSPS) is 16.0. The van der Waals surface area contributed by atoms with E-state index >= 15 is 0 Å². The van der Waals surface area contributed by atoms with Crippen LogP contribution in [0.5, 0.6) is 0 Å². The fourth-order valence-corrected chi connectivity index (χ4v) is 2.96. The third-order valence-corrected chi connectivity index (χ3v) is 4.31. The maximum absolute atomic E-state index is 11.6. The number of nitrogens with zero attached hydrogens (tertiary/aromatic N) is 4. The van der Waals surface area contributed by atoms with E-state index in [1.54, 1.807) is 16.2 Å². The highest BCUT2D eigenvalue weighted by molar-refractivity contribution is 7.13. The number of carbonyl (C=O) groups is 1. The second-order valence-corrected chi connectivity index (χ2v) is 5.89. The summed E-state index contributed by atoms with van der Waals surface area (Å²) in [5.74, 6) is 1.17. The Hall–Kier alpha value is -1.93. The number of hydrogen-bond acceptors (Lipinski definition) is 7. The van der Waals surface area contributed by atoms with E-state index in [1.807, 2.05) is 24.4 Å². The molecular formula is C14H18N4O3S. The van der Waals surface area contributed by atoms with Gasteiger partial charge < -0.3 is 14.1 Å². The van der Waals surface area contributed by atoms with Gasteiger partial charge >= 0.3 is 6.09 Å². The summed E-state index contributed by atoms with van der Waals surface area (Å²) in [4.78, 5) is 16.5. The molecule has 2 aromatic rings. The Morgan fingerprint density at radius 2 is 2.18 bits per heavy atom. The van der Waals surface area contributed by atoms with Crippen LogP contribution in [0.4, 0.5) is 4.79 Å². The van der Waals surface area contributed by atoms with E-state index in [4.69, 9.17) is 9.15 Å². The summed E-state index contributed by atoms with van der Waals surface area (Å²) in [5.41, 5.74) is 0. The van der Waals surface area contributed by atoms with E-state index in [0.29, 0.717) is 38.0 Å². The summed E-state index contributed by atoms with van der Waals surface area (Å²) < 4.78 is 10.7. The minimum Gasteiger partial charge on any atom is -0.450 e. The quantitative estimate of drug-likeness (QED) is 0.858. The van der Waals surface area contributed by atoms with Gasteiger partial charge in [-0.1, -0.05) is 6.07 Å². The Morgan fingerprint density at radius 1 is 1.36 bits per heavy atom. The van der Waals surface area contributed by atoms with Gasteiger partial charge in [0, 0.05) is 26.2 Å². The molecule has 0 atom stereocenters. The predicted molar refractivity (Wildman–Crippen MR) is 81.5 cm³/mol. The van der Waals surface area contributed by atoms with Crippen LogP contribution in [0.1, 0.15) is 12.8 Å². The lowest BCUT2D eigenvalue weighted by Gasteiger charge is -2.33. The largest absolute Gasteiger partial charge is 0.450 e. The molecule has 3 rings (SSSR count). The predicted octanol–water partition coefficient (Wildman–Crippen LogP) is 2.07. The van der Waals surface area contributed by atoms with Gasteiger partial charge in [0.25, 0.3) is 5.89 Å². The van der Waals surface area contributed by atoms with Crippen LogP contribution in [0.2, 0.25) is 0 Å². The monoisotopic (exact) mass is 322 g/mol. The maximum atomic E-state index is 11.6. The fourth-order valence-electron chi connectivity index (χ4n) is 2.31. The van der Waals surface area contributed by atoms with Crippen LogP contribution < -0.4 is 0 Å². The molecule has 0 aliphatic carbocycles. The molecule has 8 heteroatoms. The molecule has 1 saturated heterocycles. The molecule has 1 fully saturated rings. The van der Waals surface area contributed by atoms with Crippen molar-refractivity contribution >= 4 is 17.4 Å². The van der Waals surface area contributed by atoms with E-state index in [1.165, 1.54) is 0 Å². The molecule has 0 aromatic carbocycles. The second kappa shape index (κ2) is 6.89. The lowest BCUT2D eigenvalue weighted by atomic mass is 10.3. The zero-order chi connectivity index (χ0) is 15.4. The van der Waals surface area contributed by atoms with Crippen molar-refractivity contribution < 1.29 is 13.9 Å². The minimum atomic E-state index is -0.236. The number of rotatable bonds is 4. The van der Waals surface area contributed by atoms with E-state index in [2.05, 4.69) is 15.1 Å². The number of hydrogen-bond donors (Lipinski definition) is 0. The first-order chi connectivity index (χ1) is 10.8. The molecule has 0 unspecified atom stereocenters. The number of carbonyl (C=O) groups excluding carboxylic acids is 1. The van der Waals surface area contributed by atoms with E-state index in [0.717, 1.165) is 18.0 Å². The van der Waals surface area contributed by atoms with Crippen molar-refractivity contribution in [3.63, 3.8) is 0 Å². The summed E-state index contributed by atoms with van der Waals surface area (Å²) in [7, 11) is 0. The molecule has 0 spiro atoms. The maximum Gasteiger partial charge on any atom is 0.409 e. The lowest BCUT2D eigenvalue weighted by molar-refractivity contribution is 0.0756. The summed E-state index contributed by atoms with van der Waals surface area (Å²) in [5, 5.41) is 10.1. The Bertz CT molecular complexity index is 605. The number of thiophene rings is 1. The number of piperazine rings is 1. The smallest absolute Gasteiger partial charge is 0.409 e. The molecule has 1 aliphatic rings. The summed E-state index contributed by atoms with van der Waals surface area (Å²) in [6.07, 6.45) is -0.236. The highest BCUT2D eigenvalue weighted by Crippen LogP contribution is 2.23. The van der Waals surface area contributed by atoms with E-state index in [-0.39, 0.29) is 6.09 Å². The topological polar surface area (TPSA) is 71.7 Å². The zero-order valence-corrected chi connectivity index (χ0v) is 13.2. The SMILES string of the molecule is CCOC(=O)N1CCN(Cc2nnc(-c3cccs3)o2)CC1. The minimum absolute atomic E-state index is 0.236. The van der Waals surface area contributed by atoms with Crippen LogP contribution in [-0.2, 0) is 11.3 Å². The molecule has 2 aromatic heterocycles. The Labute approximate surface area is 132 Å². The fraction of sp³-hybridized carbons (Fsp3) is 0.500. The van der Waals surface area contributed by atoms with Gasteiger partial charge in [-0.2, -0.15) is 0 Å². The van der Waals surface area contributed by atoms with Crippen LogP contribution in [0, 0.1) is 0 Å². The number of amides is 1. The molecule has 0 radical (unpaired) electrons. The molecule has 22 heavy (non-hydrogen) atoms. The molecule has 0 N–H and O–H groups in total. The summed E-state index contributed by atoms with van der Waals surface area (Å²) in [6.45, 7) is 5.69. The van der Waals surface area contributed by atoms with E-state index in [9.17, 15) is 4.79 Å². The lowest BCUT2D eigenvalue weighted by Crippen LogP contribution is -2.48. The standard InChI is InChI=1S/C14H18N4O3S/c1-2-20-14(19)18-7-5-17(6-8-18)10-12-15-16-13(21-12)11-4-3-9-22-11/h3-4,9H,2,5-8,10H2,1H3.